The van der Waals surface area contributed by atoms with E-state index in [0.29, 0.717) is 28.4 Å². The molecule has 2 heterocycles. The predicted molar refractivity (Wildman–Crippen MR) is 80.1 cm³/mol. The van der Waals surface area contributed by atoms with Crippen molar-refractivity contribution in [3.8, 4) is 28.6 Å². The van der Waals surface area contributed by atoms with Crippen molar-refractivity contribution >= 4 is 5.65 Å². The van der Waals surface area contributed by atoms with Gasteiger partial charge in [-0.2, -0.15) is 0 Å². The number of benzene rings is 1. The fraction of sp³-hybridized carbons (Fsp3) is 0.188. The van der Waals surface area contributed by atoms with E-state index in [4.69, 9.17) is 9.47 Å². The Balaban J connectivity index is 2.27. The first-order valence-corrected chi connectivity index (χ1v) is 6.54. The van der Waals surface area contributed by atoms with Crippen molar-refractivity contribution in [3.05, 3.63) is 42.1 Å². The second-order valence-corrected chi connectivity index (χ2v) is 4.78. The van der Waals surface area contributed by atoms with Crippen molar-refractivity contribution in [1.29, 1.82) is 0 Å². The zero-order chi connectivity index (χ0) is 15.0. The van der Waals surface area contributed by atoms with Gasteiger partial charge in [-0.15, -0.1) is 0 Å². The molecule has 1 N–H and O–H groups in total. The molecular weight excluding hydrogens is 268 g/mol. The lowest BCUT2D eigenvalue weighted by Gasteiger charge is -2.08. The molecule has 0 bridgehead atoms. The molecule has 0 spiro atoms. The molecule has 0 amide bonds. The molecule has 0 fully saturated rings. The average molecular weight is 284 g/mol. The summed E-state index contributed by atoms with van der Waals surface area (Å²) in [4.78, 5) is 4.49. The van der Waals surface area contributed by atoms with Gasteiger partial charge >= 0.3 is 0 Å². The van der Waals surface area contributed by atoms with Gasteiger partial charge in [0.05, 0.1) is 19.8 Å². The molecule has 0 saturated carbocycles. The van der Waals surface area contributed by atoms with Crippen LogP contribution in [-0.2, 0) is 0 Å². The first kappa shape index (κ1) is 13.3. The van der Waals surface area contributed by atoms with Crippen LogP contribution in [0.2, 0.25) is 0 Å². The average Bonchev–Trinajstić information content (AvgIpc) is 2.83. The molecule has 3 rings (SSSR count). The number of imidazole rings is 1. The quantitative estimate of drug-likeness (QED) is 0.803. The summed E-state index contributed by atoms with van der Waals surface area (Å²) in [6.45, 7) is 1.96. The van der Waals surface area contributed by atoms with E-state index >= 15 is 0 Å². The monoisotopic (exact) mass is 284 g/mol. The Kier molecular flexibility index (Phi) is 3.17. The number of hydrogen-bond donors (Lipinski definition) is 1. The largest absolute Gasteiger partial charge is 0.497 e. The number of hydrogen-bond acceptors (Lipinski definition) is 4. The van der Waals surface area contributed by atoms with Gasteiger partial charge in [-0.25, -0.2) is 4.98 Å². The molecule has 0 unspecified atom stereocenters. The van der Waals surface area contributed by atoms with E-state index in [-0.39, 0.29) is 5.88 Å². The highest BCUT2D eigenvalue weighted by Gasteiger charge is 2.17. The number of nitrogens with zero attached hydrogens (tertiary/aromatic N) is 2. The standard InChI is InChI=1S/C16H16N2O3/c1-10-4-7-14-17-15(16(19)18(14)9-10)12-8-11(20-2)5-6-13(12)21-3/h4-9,19H,1-3H3. The maximum Gasteiger partial charge on any atom is 0.224 e. The summed E-state index contributed by atoms with van der Waals surface area (Å²) < 4.78 is 12.3. The number of aryl methyl sites for hydroxylation is 1. The SMILES string of the molecule is COc1ccc(OC)c(-c2nc3ccc(C)cn3c2O)c1. The van der Waals surface area contributed by atoms with Gasteiger partial charge in [0.2, 0.25) is 5.88 Å². The number of methoxy groups -OCH3 is 2. The molecule has 0 saturated heterocycles. The minimum Gasteiger partial charge on any atom is -0.497 e. The molecule has 0 aliphatic heterocycles. The molecule has 1 aromatic carbocycles. The summed E-state index contributed by atoms with van der Waals surface area (Å²) in [6, 6.07) is 9.22. The van der Waals surface area contributed by atoms with Gasteiger partial charge < -0.3 is 14.6 Å². The fourth-order valence-electron chi connectivity index (χ4n) is 2.32. The van der Waals surface area contributed by atoms with Crippen LogP contribution in [0.25, 0.3) is 16.9 Å². The summed E-state index contributed by atoms with van der Waals surface area (Å²) in [5.41, 5.74) is 2.88. The van der Waals surface area contributed by atoms with Crippen molar-refractivity contribution in [2.75, 3.05) is 14.2 Å². The molecule has 2 aromatic heterocycles. The normalized spacial score (nSPS) is 10.8. The lowest BCUT2D eigenvalue weighted by atomic mass is 10.1. The van der Waals surface area contributed by atoms with Crippen molar-refractivity contribution < 1.29 is 14.6 Å². The zero-order valence-corrected chi connectivity index (χ0v) is 12.1. The maximum atomic E-state index is 10.5. The topological polar surface area (TPSA) is 56.0 Å². The van der Waals surface area contributed by atoms with Crippen LogP contribution < -0.4 is 9.47 Å². The Bertz CT molecular complexity index is 809. The summed E-state index contributed by atoms with van der Waals surface area (Å²) in [5.74, 6) is 1.39. The molecule has 21 heavy (non-hydrogen) atoms. The Labute approximate surface area is 122 Å². The number of aromatic nitrogens is 2. The van der Waals surface area contributed by atoms with Gasteiger partial charge in [-0.3, -0.25) is 4.40 Å². The Morgan fingerprint density at radius 1 is 1.10 bits per heavy atom. The van der Waals surface area contributed by atoms with Gasteiger partial charge in [0.1, 0.15) is 22.8 Å². The molecule has 5 nitrogen and oxygen atoms in total. The minimum absolute atomic E-state index is 0.0836. The van der Waals surface area contributed by atoms with Crippen LogP contribution in [0.1, 0.15) is 5.56 Å². The molecule has 5 heteroatoms. The molecule has 0 aliphatic carbocycles. The molecule has 0 atom stereocenters. The third kappa shape index (κ3) is 2.16. The van der Waals surface area contributed by atoms with Gasteiger partial charge in [0.25, 0.3) is 0 Å². The Hall–Kier alpha value is -2.69. The Morgan fingerprint density at radius 2 is 1.90 bits per heavy atom. The van der Waals surface area contributed by atoms with Crippen molar-refractivity contribution in [1.82, 2.24) is 9.38 Å². The van der Waals surface area contributed by atoms with E-state index in [1.54, 1.807) is 36.8 Å². The summed E-state index contributed by atoms with van der Waals surface area (Å²) in [5, 5.41) is 10.5. The number of ether oxygens (including phenoxy) is 2. The van der Waals surface area contributed by atoms with Crippen LogP contribution in [0.15, 0.2) is 36.5 Å². The first-order valence-electron chi connectivity index (χ1n) is 6.54. The maximum absolute atomic E-state index is 10.5. The third-order valence-electron chi connectivity index (χ3n) is 3.40. The van der Waals surface area contributed by atoms with Crippen LogP contribution in [0, 0.1) is 6.92 Å². The van der Waals surface area contributed by atoms with E-state index < -0.39 is 0 Å². The molecule has 3 aromatic rings. The highest BCUT2D eigenvalue weighted by molar-refractivity contribution is 5.75. The van der Waals surface area contributed by atoms with E-state index in [1.807, 2.05) is 25.3 Å². The second kappa shape index (κ2) is 5.01. The van der Waals surface area contributed by atoms with Gasteiger partial charge in [0, 0.05) is 6.20 Å². The van der Waals surface area contributed by atoms with E-state index in [1.165, 1.54) is 0 Å². The van der Waals surface area contributed by atoms with Crippen LogP contribution in [0.5, 0.6) is 17.4 Å². The van der Waals surface area contributed by atoms with E-state index in [2.05, 4.69) is 4.98 Å². The molecule has 0 aliphatic rings. The van der Waals surface area contributed by atoms with Crippen molar-refractivity contribution in [2.24, 2.45) is 0 Å². The van der Waals surface area contributed by atoms with Crippen LogP contribution >= 0.6 is 0 Å². The van der Waals surface area contributed by atoms with Crippen molar-refractivity contribution in [2.45, 2.75) is 6.92 Å². The number of pyridine rings is 1. The second-order valence-electron chi connectivity index (χ2n) is 4.78. The van der Waals surface area contributed by atoms with E-state index in [9.17, 15) is 5.11 Å². The number of aromatic hydroxyl groups is 1. The summed E-state index contributed by atoms with van der Waals surface area (Å²) >= 11 is 0. The highest BCUT2D eigenvalue weighted by Crippen LogP contribution is 2.38. The smallest absolute Gasteiger partial charge is 0.224 e. The van der Waals surface area contributed by atoms with Crippen LogP contribution in [0.4, 0.5) is 0 Å². The summed E-state index contributed by atoms with van der Waals surface area (Å²) in [7, 11) is 3.18. The van der Waals surface area contributed by atoms with Crippen molar-refractivity contribution in [3.63, 3.8) is 0 Å². The Morgan fingerprint density at radius 3 is 2.62 bits per heavy atom. The number of fused-ring (bicyclic) bond motifs is 1. The number of rotatable bonds is 3. The predicted octanol–water partition coefficient (Wildman–Crippen LogP) is 3.03. The third-order valence-corrected chi connectivity index (χ3v) is 3.40. The molecule has 0 radical (unpaired) electrons. The fourth-order valence-corrected chi connectivity index (χ4v) is 2.32. The lowest BCUT2D eigenvalue weighted by molar-refractivity contribution is 0.403. The zero-order valence-electron chi connectivity index (χ0n) is 12.1. The summed E-state index contributed by atoms with van der Waals surface area (Å²) in [6.07, 6.45) is 1.84. The van der Waals surface area contributed by atoms with Gasteiger partial charge in [-0.05, 0) is 36.8 Å². The lowest BCUT2D eigenvalue weighted by Crippen LogP contribution is -1.90. The molecule has 108 valence electrons. The van der Waals surface area contributed by atoms with Crippen LogP contribution in [-0.4, -0.2) is 28.7 Å². The highest BCUT2D eigenvalue weighted by atomic mass is 16.5. The van der Waals surface area contributed by atoms with Gasteiger partial charge in [0.15, 0.2) is 0 Å². The first-order chi connectivity index (χ1) is 10.1. The molecular formula is C16H16N2O3. The van der Waals surface area contributed by atoms with Crippen LogP contribution in [0.3, 0.4) is 0 Å². The van der Waals surface area contributed by atoms with Gasteiger partial charge in [-0.1, -0.05) is 6.07 Å². The van der Waals surface area contributed by atoms with E-state index in [0.717, 1.165) is 5.56 Å². The minimum atomic E-state index is 0.0836.